The number of carbonyl (C=O) groups excluding carboxylic acids is 1. The number of amides is 1. The summed E-state index contributed by atoms with van der Waals surface area (Å²) in [5, 5.41) is 14.8. The van der Waals surface area contributed by atoms with Crippen LogP contribution in [0.1, 0.15) is 34.6 Å². The van der Waals surface area contributed by atoms with E-state index in [-0.39, 0.29) is 17.8 Å². The summed E-state index contributed by atoms with van der Waals surface area (Å²) in [5.41, 5.74) is 4.76. The molecule has 1 rings (SSSR count). The molecule has 0 aliphatic carbocycles. The summed E-state index contributed by atoms with van der Waals surface area (Å²) in [5.74, 6) is -3.65. The summed E-state index contributed by atoms with van der Waals surface area (Å²) >= 11 is 0. The molecule has 9 heteroatoms. The van der Waals surface area contributed by atoms with Gasteiger partial charge < -0.3 is 30.3 Å². The first-order chi connectivity index (χ1) is 10.3. The molecule has 134 valence electrons. The molecule has 1 fully saturated rings. The van der Waals surface area contributed by atoms with Crippen molar-refractivity contribution in [2.45, 2.75) is 51.9 Å². The zero-order valence-electron chi connectivity index (χ0n) is 14.2. The first-order valence-electron chi connectivity index (χ1n) is 7.09. The maximum atomic E-state index is 12.0. The van der Waals surface area contributed by atoms with Crippen molar-refractivity contribution in [2.24, 2.45) is 5.73 Å². The smallest absolute Gasteiger partial charge is 0.414 e. The van der Waals surface area contributed by atoms with Gasteiger partial charge in [0, 0.05) is 6.54 Å². The highest BCUT2D eigenvalue weighted by Gasteiger charge is 2.36. The molecule has 9 nitrogen and oxygen atoms in total. The van der Waals surface area contributed by atoms with Crippen LogP contribution in [0, 0.1) is 0 Å². The first kappa shape index (κ1) is 21.1. The quantitative estimate of drug-likeness (QED) is 0.589. The van der Waals surface area contributed by atoms with Crippen molar-refractivity contribution in [2.75, 3.05) is 19.6 Å². The molecule has 1 aliphatic rings. The fourth-order valence-electron chi connectivity index (χ4n) is 1.88. The summed E-state index contributed by atoms with van der Waals surface area (Å²) in [7, 11) is 0. The van der Waals surface area contributed by atoms with Crippen molar-refractivity contribution in [3.05, 3.63) is 0 Å². The van der Waals surface area contributed by atoms with Gasteiger partial charge in [0.1, 0.15) is 5.60 Å². The molecule has 1 amide bonds. The Morgan fingerprint density at radius 1 is 1.26 bits per heavy atom. The molecule has 0 radical (unpaired) electrons. The molecule has 4 N–H and O–H groups in total. The Morgan fingerprint density at radius 2 is 1.74 bits per heavy atom. The van der Waals surface area contributed by atoms with Gasteiger partial charge in [0.05, 0.1) is 24.8 Å². The van der Waals surface area contributed by atoms with E-state index in [4.69, 9.17) is 35.0 Å². The molecule has 1 heterocycles. The summed E-state index contributed by atoms with van der Waals surface area (Å²) in [6.07, 6.45) is -0.418. The summed E-state index contributed by atoms with van der Waals surface area (Å²) in [6, 6.07) is 0. The van der Waals surface area contributed by atoms with E-state index in [1.54, 1.807) is 4.90 Å². The molecule has 23 heavy (non-hydrogen) atoms. The van der Waals surface area contributed by atoms with Crippen LogP contribution in [0.5, 0.6) is 0 Å². The van der Waals surface area contributed by atoms with Gasteiger partial charge in [0.2, 0.25) is 0 Å². The van der Waals surface area contributed by atoms with Crippen LogP contribution in [0.2, 0.25) is 0 Å². The minimum atomic E-state index is -1.82. The average molecular weight is 334 g/mol. The number of aliphatic carboxylic acids is 2. The van der Waals surface area contributed by atoms with Gasteiger partial charge in [-0.2, -0.15) is 0 Å². The average Bonchev–Trinajstić information content (AvgIpc) is 2.35. The number of nitrogens with zero attached hydrogens (tertiary/aromatic N) is 1. The van der Waals surface area contributed by atoms with Crippen LogP contribution in [0.3, 0.4) is 0 Å². The van der Waals surface area contributed by atoms with Crippen molar-refractivity contribution in [3.63, 3.8) is 0 Å². The molecule has 0 bridgehead atoms. The SMILES string of the molecule is CC(C)(C)OC(=O)N1C[C@H](CN)OC(C)(C)C1.O=C(O)C(=O)O. The monoisotopic (exact) mass is 334 g/mol. The lowest BCUT2D eigenvalue weighted by Gasteiger charge is -2.42. The van der Waals surface area contributed by atoms with Gasteiger partial charge in [0.25, 0.3) is 0 Å². The van der Waals surface area contributed by atoms with Crippen LogP contribution in [0.4, 0.5) is 4.79 Å². The molecule has 0 spiro atoms. The molecule has 0 unspecified atom stereocenters. The zero-order chi connectivity index (χ0) is 18.4. The second kappa shape index (κ2) is 8.11. The Balaban J connectivity index is 0.000000688. The van der Waals surface area contributed by atoms with Gasteiger partial charge in [0.15, 0.2) is 0 Å². The Morgan fingerprint density at radius 3 is 2.09 bits per heavy atom. The zero-order valence-corrected chi connectivity index (χ0v) is 14.2. The van der Waals surface area contributed by atoms with Crippen molar-refractivity contribution in [1.29, 1.82) is 0 Å². The molecule has 1 saturated heterocycles. The summed E-state index contributed by atoms with van der Waals surface area (Å²) in [4.78, 5) is 31.8. The van der Waals surface area contributed by atoms with Crippen molar-refractivity contribution < 1.29 is 34.1 Å². The van der Waals surface area contributed by atoms with Crippen LogP contribution < -0.4 is 5.73 Å². The van der Waals surface area contributed by atoms with Crippen LogP contribution >= 0.6 is 0 Å². The van der Waals surface area contributed by atoms with E-state index < -0.39 is 17.5 Å². The molecule has 0 aromatic rings. The highest BCUT2D eigenvalue weighted by atomic mass is 16.6. The Hall–Kier alpha value is -1.87. The minimum absolute atomic E-state index is 0.119. The third kappa shape index (κ3) is 8.99. The maximum Gasteiger partial charge on any atom is 0.414 e. The fourth-order valence-corrected chi connectivity index (χ4v) is 1.88. The van der Waals surface area contributed by atoms with Crippen LogP contribution in [-0.2, 0) is 19.1 Å². The summed E-state index contributed by atoms with van der Waals surface area (Å²) < 4.78 is 11.1. The lowest BCUT2D eigenvalue weighted by atomic mass is 10.1. The maximum absolute atomic E-state index is 12.0. The summed E-state index contributed by atoms with van der Waals surface area (Å²) in [6.45, 7) is 10.9. The topological polar surface area (TPSA) is 139 Å². The van der Waals surface area contributed by atoms with Crippen LogP contribution in [-0.4, -0.2) is 70.1 Å². The van der Waals surface area contributed by atoms with Crippen molar-refractivity contribution >= 4 is 18.0 Å². The molecule has 1 aliphatic heterocycles. The number of rotatable bonds is 1. The molecule has 0 saturated carbocycles. The van der Waals surface area contributed by atoms with Gasteiger partial charge in [-0.05, 0) is 34.6 Å². The van der Waals surface area contributed by atoms with E-state index in [0.29, 0.717) is 19.6 Å². The van der Waals surface area contributed by atoms with E-state index in [1.807, 2.05) is 34.6 Å². The molecular formula is C14H26N2O7. The van der Waals surface area contributed by atoms with Crippen LogP contribution in [0.15, 0.2) is 0 Å². The number of hydrogen-bond acceptors (Lipinski definition) is 6. The second-order valence-corrected chi connectivity index (χ2v) is 6.71. The minimum Gasteiger partial charge on any atom is -0.473 e. The van der Waals surface area contributed by atoms with E-state index in [2.05, 4.69) is 0 Å². The standard InChI is InChI=1S/C12H24N2O3.C2H2O4/c1-11(2,3)17-10(15)14-7-9(6-13)16-12(4,5)8-14;3-1(4)2(5)6/h9H,6-8,13H2,1-5H3;(H,3,4)(H,5,6)/t9-;/m0./s1. The third-order valence-electron chi connectivity index (χ3n) is 2.58. The number of carboxylic acid groups (broad SMARTS) is 2. The Labute approximate surface area is 135 Å². The molecular weight excluding hydrogens is 308 g/mol. The van der Waals surface area contributed by atoms with Crippen LogP contribution in [0.25, 0.3) is 0 Å². The fraction of sp³-hybridized carbons (Fsp3) is 0.786. The van der Waals surface area contributed by atoms with Crippen molar-refractivity contribution in [1.82, 2.24) is 4.90 Å². The normalized spacial score (nSPS) is 20.1. The Bertz CT molecular complexity index is 431. The van der Waals surface area contributed by atoms with E-state index >= 15 is 0 Å². The molecule has 0 aromatic carbocycles. The van der Waals surface area contributed by atoms with Gasteiger partial charge in [-0.3, -0.25) is 0 Å². The van der Waals surface area contributed by atoms with Crippen molar-refractivity contribution in [3.8, 4) is 0 Å². The number of ether oxygens (including phenoxy) is 2. The third-order valence-corrected chi connectivity index (χ3v) is 2.58. The lowest BCUT2D eigenvalue weighted by Crippen LogP contribution is -2.57. The first-order valence-corrected chi connectivity index (χ1v) is 7.09. The number of nitrogens with two attached hydrogens (primary N) is 1. The van der Waals surface area contributed by atoms with E-state index in [0.717, 1.165) is 0 Å². The predicted octanol–water partition coefficient (Wildman–Crippen LogP) is 0.515. The van der Waals surface area contributed by atoms with Gasteiger partial charge in [-0.15, -0.1) is 0 Å². The largest absolute Gasteiger partial charge is 0.473 e. The highest BCUT2D eigenvalue weighted by Crippen LogP contribution is 2.22. The number of carbonyl (C=O) groups is 3. The predicted molar refractivity (Wildman–Crippen MR) is 81.1 cm³/mol. The van der Waals surface area contributed by atoms with E-state index in [1.165, 1.54) is 0 Å². The lowest BCUT2D eigenvalue weighted by molar-refractivity contribution is -0.159. The van der Waals surface area contributed by atoms with E-state index in [9.17, 15) is 4.79 Å². The molecule has 0 aromatic heterocycles. The van der Waals surface area contributed by atoms with Gasteiger partial charge in [-0.1, -0.05) is 0 Å². The number of carboxylic acids is 2. The highest BCUT2D eigenvalue weighted by molar-refractivity contribution is 6.27. The van der Waals surface area contributed by atoms with Gasteiger partial charge in [-0.25, -0.2) is 14.4 Å². The second-order valence-electron chi connectivity index (χ2n) is 6.71. The molecule has 1 atom stereocenters. The number of morpholine rings is 1. The van der Waals surface area contributed by atoms with Gasteiger partial charge >= 0.3 is 18.0 Å². The Kier molecular flexibility index (Phi) is 7.45. The number of hydrogen-bond donors (Lipinski definition) is 3.